The van der Waals surface area contributed by atoms with Crippen LogP contribution in [0.4, 0.5) is 27.1 Å². The van der Waals surface area contributed by atoms with Gasteiger partial charge in [-0.2, -0.15) is 0 Å². The summed E-state index contributed by atoms with van der Waals surface area (Å²) in [6, 6.07) is 9.03. The van der Waals surface area contributed by atoms with Gasteiger partial charge in [0.15, 0.2) is 0 Å². The van der Waals surface area contributed by atoms with Crippen LogP contribution in [0.5, 0.6) is 0 Å². The number of halogens is 2. The molecule has 0 heterocycles. The lowest BCUT2D eigenvalue weighted by atomic mass is 10.2. The Balaban J connectivity index is 2.36. The van der Waals surface area contributed by atoms with Crippen LogP contribution in [0, 0.1) is 19.5 Å². The molecule has 0 atom stereocenters. The molecule has 21 heavy (non-hydrogen) atoms. The molecule has 110 valence electrons. The summed E-state index contributed by atoms with van der Waals surface area (Å²) in [5.41, 5.74) is 1.92. The number of rotatable bonds is 5. The van der Waals surface area contributed by atoms with Gasteiger partial charge in [-0.05, 0) is 53.8 Å². The van der Waals surface area contributed by atoms with Crippen molar-refractivity contribution in [1.29, 1.82) is 0 Å². The Hall–Kier alpha value is -1.90. The molecule has 0 saturated carbocycles. The van der Waals surface area contributed by atoms with Gasteiger partial charge in [0.1, 0.15) is 5.82 Å². The van der Waals surface area contributed by atoms with Crippen molar-refractivity contribution in [3.63, 3.8) is 0 Å². The molecule has 0 saturated heterocycles. The second kappa shape index (κ2) is 6.70. The van der Waals surface area contributed by atoms with Gasteiger partial charge < -0.3 is 10.6 Å². The number of hydrogen-bond acceptors (Lipinski definition) is 4. The average Bonchev–Trinajstić information content (AvgIpc) is 2.42. The van der Waals surface area contributed by atoms with Gasteiger partial charge in [-0.25, -0.2) is 4.39 Å². The Kier molecular flexibility index (Phi) is 4.94. The molecule has 0 radical (unpaired) electrons. The highest BCUT2D eigenvalue weighted by atomic mass is 127. The first-order chi connectivity index (χ1) is 9.99. The van der Waals surface area contributed by atoms with Crippen molar-refractivity contribution in [2.45, 2.75) is 6.92 Å². The van der Waals surface area contributed by atoms with E-state index >= 15 is 0 Å². The first-order valence-corrected chi connectivity index (χ1v) is 7.33. The number of nitrogens with one attached hydrogen (secondary N) is 2. The van der Waals surface area contributed by atoms with Gasteiger partial charge in [-0.15, -0.1) is 0 Å². The van der Waals surface area contributed by atoms with Crippen molar-refractivity contribution < 1.29 is 9.31 Å². The predicted molar refractivity (Wildman–Crippen MR) is 89.7 cm³/mol. The molecule has 5 nitrogen and oxygen atoms in total. The summed E-state index contributed by atoms with van der Waals surface area (Å²) < 4.78 is 13.8. The molecule has 7 heteroatoms. The molecule has 0 bridgehead atoms. The van der Waals surface area contributed by atoms with Crippen molar-refractivity contribution in [3.8, 4) is 0 Å². The zero-order valence-electron chi connectivity index (χ0n) is 11.2. The minimum Gasteiger partial charge on any atom is -0.385 e. The van der Waals surface area contributed by atoms with Crippen molar-refractivity contribution in [1.82, 2.24) is 0 Å². The SMILES string of the molecule is CCNc1cc(Nc2ccc(F)cc2I)cc([N+](=O)[O-])c1. The van der Waals surface area contributed by atoms with E-state index in [2.05, 4.69) is 10.6 Å². The molecule has 0 aliphatic carbocycles. The van der Waals surface area contributed by atoms with Crippen molar-refractivity contribution in [2.24, 2.45) is 0 Å². The number of non-ortho nitro benzene ring substituents is 1. The highest BCUT2D eigenvalue weighted by Gasteiger charge is 2.11. The molecule has 0 unspecified atom stereocenters. The van der Waals surface area contributed by atoms with E-state index < -0.39 is 4.92 Å². The molecule has 0 spiro atoms. The maximum Gasteiger partial charge on any atom is 0.273 e. The van der Waals surface area contributed by atoms with E-state index in [1.54, 1.807) is 12.1 Å². The van der Waals surface area contributed by atoms with Gasteiger partial charge in [0.25, 0.3) is 5.69 Å². The standard InChI is InChI=1S/C14H13FIN3O2/c1-2-17-10-6-11(8-12(7-10)19(20)21)18-14-4-3-9(15)5-13(14)16/h3-8,17-18H,2H2,1H3. The monoisotopic (exact) mass is 401 g/mol. The Labute approximate surface area is 134 Å². The summed E-state index contributed by atoms with van der Waals surface area (Å²) in [6.45, 7) is 2.57. The molecule has 0 fully saturated rings. The smallest absolute Gasteiger partial charge is 0.273 e. The van der Waals surface area contributed by atoms with Crippen LogP contribution in [-0.4, -0.2) is 11.5 Å². The van der Waals surface area contributed by atoms with Gasteiger partial charge in [0.05, 0.1) is 10.6 Å². The van der Waals surface area contributed by atoms with Crippen molar-refractivity contribution >= 4 is 45.3 Å². The molecule has 0 amide bonds. The fourth-order valence-corrected chi connectivity index (χ4v) is 2.45. The number of hydrogen-bond donors (Lipinski definition) is 2. The Bertz CT molecular complexity index is 679. The van der Waals surface area contributed by atoms with E-state index in [9.17, 15) is 14.5 Å². The van der Waals surface area contributed by atoms with Crippen LogP contribution in [0.3, 0.4) is 0 Å². The third-order valence-corrected chi connectivity index (χ3v) is 3.61. The highest BCUT2D eigenvalue weighted by molar-refractivity contribution is 14.1. The summed E-state index contributed by atoms with van der Waals surface area (Å²) in [4.78, 5) is 10.5. The average molecular weight is 401 g/mol. The van der Waals surface area contributed by atoms with E-state index in [-0.39, 0.29) is 11.5 Å². The van der Waals surface area contributed by atoms with Crippen LogP contribution in [0.1, 0.15) is 6.92 Å². The van der Waals surface area contributed by atoms with E-state index in [0.29, 0.717) is 27.2 Å². The van der Waals surface area contributed by atoms with E-state index in [1.807, 2.05) is 29.5 Å². The Morgan fingerprint density at radius 2 is 1.95 bits per heavy atom. The molecule has 2 aromatic rings. The Morgan fingerprint density at radius 1 is 1.24 bits per heavy atom. The Morgan fingerprint density at radius 3 is 2.57 bits per heavy atom. The number of benzene rings is 2. The summed E-state index contributed by atoms with van der Waals surface area (Å²) in [7, 11) is 0. The van der Waals surface area contributed by atoms with Crippen LogP contribution in [0.25, 0.3) is 0 Å². The third-order valence-electron chi connectivity index (χ3n) is 2.72. The zero-order chi connectivity index (χ0) is 15.4. The number of nitrogens with zero attached hydrogens (tertiary/aromatic N) is 1. The van der Waals surface area contributed by atoms with E-state index in [0.717, 1.165) is 0 Å². The minimum atomic E-state index is -0.443. The van der Waals surface area contributed by atoms with Gasteiger partial charge >= 0.3 is 0 Å². The molecule has 0 aliphatic rings. The summed E-state index contributed by atoms with van der Waals surface area (Å²) in [6.07, 6.45) is 0. The molecule has 0 aromatic heterocycles. The van der Waals surface area contributed by atoms with Gasteiger partial charge in [0, 0.05) is 33.6 Å². The van der Waals surface area contributed by atoms with Crippen LogP contribution in [0.15, 0.2) is 36.4 Å². The number of nitro groups is 1. The van der Waals surface area contributed by atoms with Gasteiger partial charge in [0.2, 0.25) is 0 Å². The summed E-state index contributed by atoms with van der Waals surface area (Å²) in [5, 5.41) is 17.1. The molecule has 2 rings (SSSR count). The lowest BCUT2D eigenvalue weighted by Crippen LogP contribution is -2.00. The van der Waals surface area contributed by atoms with Gasteiger partial charge in [-0.1, -0.05) is 0 Å². The summed E-state index contributed by atoms with van der Waals surface area (Å²) >= 11 is 2.01. The largest absolute Gasteiger partial charge is 0.385 e. The molecular weight excluding hydrogens is 388 g/mol. The van der Waals surface area contributed by atoms with Crippen molar-refractivity contribution in [2.75, 3.05) is 17.2 Å². The lowest BCUT2D eigenvalue weighted by Gasteiger charge is -2.11. The van der Waals surface area contributed by atoms with E-state index in [4.69, 9.17) is 0 Å². The molecule has 2 aromatic carbocycles. The molecule has 2 N–H and O–H groups in total. The maximum absolute atomic E-state index is 13.1. The predicted octanol–water partition coefficient (Wildman–Crippen LogP) is 4.51. The second-order valence-corrected chi connectivity index (χ2v) is 5.47. The van der Waals surface area contributed by atoms with Gasteiger partial charge in [-0.3, -0.25) is 10.1 Å². The normalized spacial score (nSPS) is 10.2. The molecule has 0 aliphatic heterocycles. The maximum atomic E-state index is 13.1. The van der Waals surface area contributed by atoms with Crippen LogP contribution >= 0.6 is 22.6 Å². The van der Waals surface area contributed by atoms with E-state index in [1.165, 1.54) is 24.3 Å². The quantitative estimate of drug-likeness (QED) is 0.440. The van der Waals surface area contributed by atoms with Crippen LogP contribution < -0.4 is 10.6 Å². The third kappa shape index (κ3) is 4.03. The number of anilines is 3. The molecular formula is C14H13FIN3O2. The zero-order valence-corrected chi connectivity index (χ0v) is 13.3. The summed E-state index contributed by atoms with van der Waals surface area (Å²) in [5.74, 6) is -0.322. The van der Waals surface area contributed by atoms with Crippen molar-refractivity contribution in [3.05, 3.63) is 55.9 Å². The fraction of sp³-hybridized carbons (Fsp3) is 0.143. The van der Waals surface area contributed by atoms with Crippen LogP contribution in [0.2, 0.25) is 0 Å². The first kappa shape index (κ1) is 15.5. The topological polar surface area (TPSA) is 67.2 Å². The first-order valence-electron chi connectivity index (χ1n) is 6.25. The second-order valence-electron chi connectivity index (χ2n) is 4.31. The highest BCUT2D eigenvalue weighted by Crippen LogP contribution is 2.29. The minimum absolute atomic E-state index is 0.00642. The van der Waals surface area contributed by atoms with Crippen LogP contribution in [-0.2, 0) is 0 Å². The fourth-order valence-electron chi connectivity index (χ4n) is 1.84. The number of nitro benzene ring substituents is 1. The lowest BCUT2D eigenvalue weighted by molar-refractivity contribution is -0.384.